The van der Waals surface area contributed by atoms with Gasteiger partial charge in [0.05, 0.1) is 21.0 Å². The van der Waals surface area contributed by atoms with Gasteiger partial charge >= 0.3 is 0 Å². The second kappa shape index (κ2) is 15.6. The third-order valence-electron chi connectivity index (χ3n) is 10.9. The molecule has 0 bridgehead atoms. The lowest BCUT2D eigenvalue weighted by Crippen LogP contribution is -2.35. The fourth-order valence-corrected chi connectivity index (χ4v) is 9.79. The number of rotatable bonds is 14. The van der Waals surface area contributed by atoms with Crippen molar-refractivity contribution in [2.45, 2.75) is 50.0 Å². The summed E-state index contributed by atoms with van der Waals surface area (Å²) in [4.78, 5) is 38.6. The summed E-state index contributed by atoms with van der Waals surface area (Å²) < 4.78 is 2.17. The molecule has 0 fully saturated rings. The van der Waals surface area contributed by atoms with E-state index in [0.29, 0.717) is 47.2 Å². The molecule has 0 spiro atoms. The Morgan fingerprint density at radius 1 is 0.714 bits per heavy atom. The predicted octanol–water partition coefficient (Wildman–Crippen LogP) is 8.55. The van der Waals surface area contributed by atoms with Gasteiger partial charge in [0, 0.05) is 92.7 Å². The number of Topliss-reactive ketones (excluding diaryl/α,β-unsaturated/α-hetero) is 1. The molecule has 10 nitrogen and oxygen atoms in total. The van der Waals surface area contributed by atoms with Gasteiger partial charge in [-0.2, -0.15) is 28.1 Å². The minimum absolute atomic E-state index is 0.108. The van der Waals surface area contributed by atoms with E-state index in [1.807, 2.05) is 36.4 Å². The van der Waals surface area contributed by atoms with E-state index in [0.717, 1.165) is 33.9 Å². The zero-order chi connectivity index (χ0) is 39.8. The van der Waals surface area contributed by atoms with Crippen LogP contribution in [0.2, 0.25) is 0 Å². The van der Waals surface area contributed by atoms with E-state index in [4.69, 9.17) is 0 Å². The van der Waals surface area contributed by atoms with Gasteiger partial charge in [-0.15, -0.1) is 0 Å². The molecule has 7 rings (SSSR count). The average molecular weight is 787 g/mol. The summed E-state index contributed by atoms with van der Waals surface area (Å²) in [6.45, 7) is 9.58. The van der Waals surface area contributed by atoms with Crippen molar-refractivity contribution in [2.24, 2.45) is 0 Å². The summed E-state index contributed by atoms with van der Waals surface area (Å²) in [5, 5.41) is 37.1. The lowest BCUT2D eigenvalue weighted by molar-refractivity contribution is -0.431. The first-order valence-corrected chi connectivity index (χ1v) is 20.7. The number of nitrogens with zero attached hydrogens (tertiary/aromatic N) is 4. The number of allylic oxidation sites excluding steroid dienone is 5. The van der Waals surface area contributed by atoms with E-state index >= 15 is 0 Å². The van der Waals surface area contributed by atoms with Crippen LogP contribution >= 0.6 is 23.5 Å². The Kier molecular flexibility index (Phi) is 10.8. The largest absolute Gasteiger partial charge is 0.871 e. The van der Waals surface area contributed by atoms with Gasteiger partial charge in [-0.05, 0) is 31.6 Å². The number of fused-ring (bicyclic) bond motifs is 2. The fourth-order valence-electron chi connectivity index (χ4n) is 7.95. The Morgan fingerprint density at radius 2 is 1.27 bits per heavy atom. The summed E-state index contributed by atoms with van der Waals surface area (Å²) >= 11 is 3.21. The van der Waals surface area contributed by atoms with Gasteiger partial charge < -0.3 is 10.0 Å². The number of benzene rings is 4. The molecule has 4 aromatic rings. The zero-order valence-electron chi connectivity index (χ0n) is 31.7. The molecule has 0 saturated heterocycles. The number of carbonyl (C=O) groups excluding carboxylic acids is 1. The van der Waals surface area contributed by atoms with Crippen LogP contribution in [-0.2, 0) is 27.1 Å². The molecule has 0 N–H and O–H groups in total. The molecule has 3 aliphatic rings. The van der Waals surface area contributed by atoms with Crippen LogP contribution in [0, 0.1) is 20.2 Å². The highest BCUT2D eigenvalue weighted by Gasteiger charge is 2.46. The van der Waals surface area contributed by atoms with Crippen molar-refractivity contribution in [3.63, 3.8) is 0 Å². The Bertz CT molecular complexity index is 2400. The van der Waals surface area contributed by atoms with Crippen LogP contribution < -0.4 is 10.0 Å². The summed E-state index contributed by atoms with van der Waals surface area (Å²) in [5.74, 6) is 1.74. The first-order valence-electron chi connectivity index (χ1n) is 18.4. The highest BCUT2D eigenvalue weighted by molar-refractivity contribution is 7.98. The number of ketones is 1. The van der Waals surface area contributed by atoms with Gasteiger partial charge in [-0.1, -0.05) is 92.4 Å². The van der Waals surface area contributed by atoms with Crippen LogP contribution in [0.5, 0.6) is 0 Å². The summed E-state index contributed by atoms with van der Waals surface area (Å²) in [6, 6.07) is 29.8. The molecule has 0 amide bonds. The number of thioether (sulfide) groups is 2. The molecular weight excluding hydrogens is 745 g/mol. The molecule has 0 saturated carbocycles. The predicted molar refractivity (Wildman–Crippen MR) is 223 cm³/mol. The van der Waals surface area contributed by atoms with Gasteiger partial charge in [0.1, 0.15) is 0 Å². The number of hydrogen-bond donors (Lipinski definition) is 0. The van der Waals surface area contributed by atoms with E-state index in [-0.39, 0.29) is 43.9 Å². The Morgan fingerprint density at radius 3 is 1.89 bits per heavy atom. The second-order valence-corrected chi connectivity index (χ2v) is 17.2. The molecule has 56 heavy (non-hydrogen) atoms. The Labute approximate surface area is 334 Å². The smallest absolute Gasteiger partial charge is 0.273 e. The fraction of sp³-hybridized carbons (Fsp3) is 0.273. The van der Waals surface area contributed by atoms with Gasteiger partial charge in [-0.25, -0.2) is 0 Å². The van der Waals surface area contributed by atoms with E-state index in [1.54, 1.807) is 59.9 Å². The number of anilines is 1. The van der Waals surface area contributed by atoms with Gasteiger partial charge in [-0.3, -0.25) is 25.0 Å². The van der Waals surface area contributed by atoms with E-state index < -0.39 is 10.8 Å². The number of para-hydroxylation sites is 4. The minimum Gasteiger partial charge on any atom is -0.871 e. The Hall–Kier alpha value is -5.46. The molecule has 4 aromatic carbocycles. The third kappa shape index (κ3) is 7.07. The lowest BCUT2D eigenvalue weighted by atomic mass is 9.77. The summed E-state index contributed by atoms with van der Waals surface area (Å²) in [7, 11) is 0. The number of nitro benzene ring substituents is 2. The first-order chi connectivity index (χ1) is 26.8. The van der Waals surface area contributed by atoms with Crippen molar-refractivity contribution in [1.29, 1.82) is 0 Å². The van der Waals surface area contributed by atoms with Gasteiger partial charge in [0.25, 0.3) is 11.4 Å². The number of nitro groups is 2. The molecule has 0 atom stereocenters. The van der Waals surface area contributed by atoms with Crippen molar-refractivity contribution in [2.75, 3.05) is 29.5 Å². The maximum atomic E-state index is 14.0. The molecule has 12 heteroatoms. The first kappa shape index (κ1) is 38.8. The monoisotopic (exact) mass is 786 g/mol. The van der Waals surface area contributed by atoms with Crippen LogP contribution in [0.15, 0.2) is 132 Å². The lowest BCUT2D eigenvalue weighted by Gasteiger charge is -2.33. The second-order valence-electron chi connectivity index (χ2n) is 15.0. The average Bonchev–Trinajstić information content (AvgIpc) is 3.54. The maximum absolute atomic E-state index is 14.0. The topological polar surface area (TPSA) is 133 Å². The standard InChI is InChI=1S/C44H42N4O6S2/c1-43(2)33-15-7-11-19-37(33)45(21-23-55-27-29-13-5-9-17-35(29)47(51)52)39(43)25-31-41(49)32(42(31)50)26-40-44(3,4)34-16-8-12-20-38(34)46(40)22-24-56-28-30-14-6-10-18-36(30)48(53)54/h5-20,25-26H,21-24,27-28H2,1-4H3. The van der Waals surface area contributed by atoms with Crippen molar-refractivity contribution < 1.29 is 24.3 Å². The van der Waals surface area contributed by atoms with Crippen molar-refractivity contribution in [1.82, 2.24) is 0 Å². The minimum atomic E-state index is -0.481. The summed E-state index contributed by atoms with van der Waals surface area (Å²) in [5.41, 5.74) is 6.86. The SMILES string of the molecule is CC1(C)C(=CC2=C([O-])C(=CC3=[N+](CCSCc4ccccc4[N+](=O)[O-])c4ccccc4C3(C)C)C2=O)N(CCSCc2ccccc2[N+](=O)[O-])c2ccccc21. The maximum Gasteiger partial charge on any atom is 0.273 e. The van der Waals surface area contributed by atoms with Crippen LogP contribution in [0.4, 0.5) is 22.7 Å². The quantitative estimate of drug-likeness (QED) is 0.0406. The molecule has 2 aliphatic heterocycles. The highest BCUT2D eigenvalue weighted by atomic mass is 32.2. The van der Waals surface area contributed by atoms with E-state index in [2.05, 4.69) is 61.4 Å². The number of hydrogen-bond acceptors (Lipinski definition) is 9. The van der Waals surface area contributed by atoms with Crippen molar-refractivity contribution in [3.05, 3.63) is 174 Å². The van der Waals surface area contributed by atoms with Crippen LogP contribution in [0.3, 0.4) is 0 Å². The molecule has 0 aromatic heterocycles. The zero-order valence-corrected chi connectivity index (χ0v) is 33.3. The van der Waals surface area contributed by atoms with E-state index in [9.17, 15) is 30.1 Å². The highest BCUT2D eigenvalue weighted by Crippen LogP contribution is 2.49. The molecule has 0 radical (unpaired) electrons. The van der Waals surface area contributed by atoms with E-state index in [1.165, 1.54) is 12.1 Å². The van der Waals surface area contributed by atoms with Gasteiger partial charge in [0.15, 0.2) is 18.0 Å². The van der Waals surface area contributed by atoms with Crippen LogP contribution in [0.25, 0.3) is 0 Å². The van der Waals surface area contributed by atoms with Crippen LogP contribution in [0.1, 0.15) is 49.9 Å². The van der Waals surface area contributed by atoms with Crippen molar-refractivity contribution in [3.8, 4) is 0 Å². The molecular formula is C44H42N4O6S2. The van der Waals surface area contributed by atoms with Crippen LogP contribution in [-0.4, -0.2) is 50.5 Å². The molecule has 2 heterocycles. The summed E-state index contributed by atoms with van der Waals surface area (Å²) in [6.07, 6.45) is 3.54. The Balaban J connectivity index is 1.15. The molecule has 286 valence electrons. The normalized spacial score (nSPS) is 18.1. The van der Waals surface area contributed by atoms with Crippen molar-refractivity contribution >= 4 is 57.8 Å². The number of carbonyl (C=O) groups is 1. The van der Waals surface area contributed by atoms with Gasteiger partial charge in [0.2, 0.25) is 5.69 Å². The molecule has 1 aliphatic carbocycles. The third-order valence-corrected chi connectivity index (χ3v) is 12.9. The molecule has 0 unspecified atom stereocenters.